The Balaban J connectivity index is 0.000000339. The number of rotatable bonds is 5. The molecule has 21 heteroatoms. The third-order valence-corrected chi connectivity index (χ3v) is 7.33. The summed E-state index contributed by atoms with van der Waals surface area (Å²) in [5, 5.41) is 24.7. The number of aldehydes is 1. The van der Waals surface area contributed by atoms with Gasteiger partial charge in [-0.25, -0.2) is 41.7 Å². The minimum absolute atomic E-state index is 0.0268. The molecule has 0 fully saturated rings. The SMILES string of the molecule is COC(=O)c1cc(F)c(Cl)nc1Cl.Cc1ncc(C=O)cc1F.Cc1ncc(CO)cc1F.OCc1cc(F)c(Cl)nc1Cl.OCc1cnc(Cl)c(F)c1. The third kappa shape index (κ3) is 16.1. The zero-order valence-corrected chi connectivity index (χ0v) is 31.7. The molecule has 5 aromatic heterocycles. The van der Waals surface area contributed by atoms with Crippen LogP contribution in [0.1, 0.15) is 48.8 Å². The lowest BCUT2D eigenvalue weighted by molar-refractivity contribution is 0.0599. The highest BCUT2D eigenvalue weighted by Crippen LogP contribution is 2.21. The second kappa shape index (κ2) is 24.3. The summed E-state index contributed by atoms with van der Waals surface area (Å²) in [7, 11) is 1.16. The van der Waals surface area contributed by atoms with E-state index in [4.69, 9.17) is 73.3 Å². The number of nitrogens with zero attached hydrogens (tertiary/aromatic N) is 5. The van der Waals surface area contributed by atoms with Gasteiger partial charge in [0, 0.05) is 29.7 Å². The maximum absolute atomic E-state index is 12.8. The van der Waals surface area contributed by atoms with E-state index < -0.39 is 29.2 Å². The second-order valence-electron chi connectivity index (χ2n) is 9.76. The minimum atomic E-state index is -0.813. The van der Waals surface area contributed by atoms with Crippen molar-refractivity contribution in [2.75, 3.05) is 7.11 Å². The zero-order valence-electron chi connectivity index (χ0n) is 27.9. The maximum Gasteiger partial charge on any atom is 0.341 e. The number of carbonyl (C=O) groups excluding carboxylic acids is 2. The molecule has 0 unspecified atom stereocenters. The molecule has 11 nitrogen and oxygen atoms in total. The molecule has 0 aliphatic carbocycles. The number of halogens is 10. The first-order valence-corrected chi connectivity index (χ1v) is 16.2. The predicted molar refractivity (Wildman–Crippen MR) is 190 cm³/mol. The molecule has 0 saturated carbocycles. The zero-order chi connectivity index (χ0) is 41.1. The van der Waals surface area contributed by atoms with Crippen LogP contribution in [0.3, 0.4) is 0 Å². The van der Waals surface area contributed by atoms with Gasteiger partial charge >= 0.3 is 5.97 Å². The molecular weight excluding hydrogens is 835 g/mol. The summed E-state index contributed by atoms with van der Waals surface area (Å²) in [5.74, 6) is -3.66. The molecule has 5 rings (SSSR count). The van der Waals surface area contributed by atoms with Gasteiger partial charge in [-0.05, 0) is 55.3 Å². The van der Waals surface area contributed by atoms with E-state index in [9.17, 15) is 31.5 Å². The van der Waals surface area contributed by atoms with E-state index in [1.165, 1.54) is 24.7 Å². The topological polar surface area (TPSA) is 169 Å². The van der Waals surface area contributed by atoms with Gasteiger partial charge in [-0.2, -0.15) is 0 Å². The van der Waals surface area contributed by atoms with Gasteiger partial charge in [-0.15, -0.1) is 0 Å². The molecule has 0 aliphatic heterocycles. The molecular formula is C33H27Cl5F5N5O6. The van der Waals surface area contributed by atoms with Crippen molar-refractivity contribution in [1.82, 2.24) is 24.9 Å². The number of hydrogen-bond donors (Lipinski definition) is 3. The smallest absolute Gasteiger partial charge is 0.341 e. The van der Waals surface area contributed by atoms with Gasteiger partial charge < -0.3 is 20.1 Å². The third-order valence-electron chi connectivity index (χ3n) is 5.90. The molecule has 54 heavy (non-hydrogen) atoms. The summed E-state index contributed by atoms with van der Waals surface area (Å²) in [6, 6.07) is 5.52. The average Bonchev–Trinajstić information content (AvgIpc) is 3.15. The summed E-state index contributed by atoms with van der Waals surface area (Å²) in [5.41, 5.74) is 1.94. The summed E-state index contributed by atoms with van der Waals surface area (Å²) < 4.78 is 67.3. The molecule has 290 valence electrons. The summed E-state index contributed by atoms with van der Waals surface area (Å²) in [6.07, 6.45) is 4.69. The van der Waals surface area contributed by atoms with Gasteiger partial charge in [0.15, 0.2) is 39.2 Å². The fourth-order valence-electron chi connectivity index (χ4n) is 3.06. The molecule has 0 saturated heterocycles. The number of methoxy groups -OCH3 is 1. The number of carbonyl (C=O) groups is 2. The average molecular weight is 862 g/mol. The largest absolute Gasteiger partial charge is 0.465 e. The van der Waals surface area contributed by atoms with E-state index in [0.717, 1.165) is 31.4 Å². The van der Waals surface area contributed by atoms with Crippen molar-refractivity contribution >= 4 is 70.3 Å². The Morgan fingerprint density at radius 2 is 1.09 bits per heavy atom. The number of ether oxygens (including phenoxy) is 1. The van der Waals surface area contributed by atoms with Gasteiger partial charge in [-0.3, -0.25) is 14.8 Å². The lowest BCUT2D eigenvalue weighted by Crippen LogP contribution is -2.04. The van der Waals surface area contributed by atoms with Crippen molar-refractivity contribution in [3.05, 3.63) is 143 Å². The maximum atomic E-state index is 12.8. The molecule has 0 amide bonds. The highest BCUT2D eigenvalue weighted by Gasteiger charge is 2.15. The van der Waals surface area contributed by atoms with Crippen LogP contribution < -0.4 is 0 Å². The van der Waals surface area contributed by atoms with Crippen LogP contribution in [0.4, 0.5) is 22.0 Å². The van der Waals surface area contributed by atoms with Crippen LogP contribution in [0.2, 0.25) is 25.8 Å². The molecule has 5 heterocycles. The standard InChI is InChI=1S/C7H4Cl2FNO2.C7H8FNO.C7H6FNO.C6H4Cl2FNO.C6H5ClFNO/c1-13-7(12)3-2-4(10)6(9)11-5(3)8;2*1-5-7(8)2-6(4-10)3-9-5;7-5-3(2-11)1-4(9)6(8)10-5;7-6-5(8)1-4(3-10)2-9-6/h2H,1H3;2-3,10H,4H2,1H3;2-4H,1H3;1,11H,2H2;1-2,10H,3H2. The molecule has 3 N–H and O–H groups in total. The van der Waals surface area contributed by atoms with Crippen molar-refractivity contribution < 1.29 is 51.6 Å². The van der Waals surface area contributed by atoms with Gasteiger partial charge in [0.2, 0.25) is 0 Å². The van der Waals surface area contributed by atoms with E-state index in [2.05, 4.69) is 29.7 Å². The van der Waals surface area contributed by atoms with Crippen molar-refractivity contribution in [1.29, 1.82) is 0 Å². The number of pyridine rings is 5. The molecule has 5 aromatic rings. The normalized spacial score (nSPS) is 9.85. The highest BCUT2D eigenvalue weighted by molar-refractivity contribution is 6.34. The fraction of sp³-hybridized carbons (Fsp3) is 0.182. The number of aliphatic hydroxyl groups is 3. The van der Waals surface area contributed by atoms with Crippen molar-refractivity contribution in [2.45, 2.75) is 33.7 Å². The van der Waals surface area contributed by atoms with Gasteiger partial charge in [0.25, 0.3) is 0 Å². The van der Waals surface area contributed by atoms with E-state index in [1.54, 1.807) is 13.8 Å². The Morgan fingerprint density at radius 3 is 1.56 bits per heavy atom. The van der Waals surface area contributed by atoms with Gasteiger partial charge in [-0.1, -0.05) is 58.0 Å². The van der Waals surface area contributed by atoms with Gasteiger partial charge in [0.05, 0.1) is 43.9 Å². The molecule has 0 atom stereocenters. The van der Waals surface area contributed by atoms with Crippen molar-refractivity contribution in [3.63, 3.8) is 0 Å². The van der Waals surface area contributed by atoms with E-state index in [0.29, 0.717) is 28.8 Å². The second-order valence-corrected chi connectivity index (χ2v) is 11.5. The van der Waals surface area contributed by atoms with Crippen LogP contribution in [-0.4, -0.2) is 59.6 Å². The number of esters is 1. The quantitative estimate of drug-likeness (QED) is 0.0677. The van der Waals surface area contributed by atoms with E-state index >= 15 is 0 Å². The van der Waals surface area contributed by atoms with Crippen LogP contribution in [0, 0.1) is 42.9 Å². The Hall–Kier alpha value is -4.13. The van der Waals surface area contributed by atoms with Crippen LogP contribution >= 0.6 is 58.0 Å². The summed E-state index contributed by atoms with van der Waals surface area (Å²) in [4.78, 5) is 38.7. The molecule has 0 aromatic carbocycles. The van der Waals surface area contributed by atoms with E-state index in [1.807, 2.05) is 0 Å². The lowest BCUT2D eigenvalue weighted by atomic mass is 10.2. The fourth-order valence-corrected chi connectivity index (χ4v) is 3.94. The molecule has 0 aliphatic rings. The minimum Gasteiger partial charge on any atom is -0.465 e. The molecule has 0 bridgehead atoms. The first-order chi connectivity index (χ1) is 25.4. The number of hydrogen-bond acceptors (Lipinski definition) is 11. The van der Waals surface area contributed by atoms with E-state index in [-0.39, 0.29) is 68.1 Å². The van der Waals surface area contributed by atoms with Gasteiger partial charge in [0.1, 0.15) is 21.9 Å². The Kier molecular flexibility index (Phi) is 21.6. The van der Waals surface area contributed by atoms with Crippen molar-refractivity contribution in [2.24, 2.45) is 0 Å². The first-order valence-electron chi connectivity index (χ1n) is 14.3. The Morgan fingerprint density at radius 1 is 0.630 bits per heavy atom. The summed E-state index contributed by atoms with van der Waals surface area (Å²) in [6.45, 7) is 2.39. The van der Waals surface area contributed by atoms with Crippen LogP contribution in [0.5, 0.6) is 0 Å². The van der Waals surface area contributed by atoms with Crippen LogP contribution in [0.25, 0.3) is 0 Å². The first kappa shape index (κ1) is 47.9. The molecule has 0 radical (unpaired) electrons. The Bertz CT molecular complexity index is 1990. The number of aryl methyl sites for hydroxylation is 2. The van der Waals surface area contributed by atoms with Crippen molar-refractivity contribution in [3.8, 4) is 0 Å². The van der Waals surface area contributed by atoms with Crippen LogP contribution in [-0.2, 0) is 24.6 Å². The number of aromatic nitrogens is 5. The monoisotopic (exact) mass is 859 g/mol. The molecule has 0 spiro atoms. The highest BCUT2D eigenvalue weighted by atomic mass is 35.5. The summed E-state index contributed by atoms with van der Waals surface area (Å²) >= 11 is 26.9. The predicted octanol–water partition coefficient (Wildman–Crippen LogP) is 8.06. The Labute approximate surface area is 329 Å². The number of aliphatic hydroxyl groups excluding tert-OH is 3. The lowest BCUT2D eigenvalue weighted by Gasteiger charge is -2.01. The van der Waals surface area contributed by atoms with Crippen LogP contribution in [0.15, 0.2) is 48.9 Å².